The van der Waals surface area contributed by atoms with Crippen LogP contribution in [0.4, 0.5) is 10.0 Å². The van der Waals surface area contributed by atoms with Crippen LogP contribution in [-0.2, 0) is 0 Å². The fraction of sp³-hybridized carbons (Fsp3) is 0.529. The number of amides is 4. The lowest BCUT2D eigenvalue weighted by Crippen LogP contribution is -2.49. The Bertz CT molecular complexity index is 1600. The van der Waals surface area contributed by atoms with E-state index in [1.54, 1.807) is 36.4 Å². The van der Waals surface area contributed by atoms with E-state index >= 15 is 0 Å². The van der Waals surface area contributed by atoms with Crippen LogP contribution in [0.5, 0.6) is 0 Å². The molecule has 5 aliphatic rings. The van der Waals surface area contributed by atoms with Crippen LogP contribution in [0.1, 0.15) is 119 Å². The zero-order valence-corrected chi connectivity index (χ0v) is 27.6. The summed E-state index contributed by atoms with van der Waals surface area (Å²) in [4.78, 5) is 56.1. The molecule has 3 aliphatic heterocycles. The summed E-state index contributed by atoms with van der Waals surface area (Å²) in [5, 5.41) is 1.03. The second kappa shape index (κ2) is 13.2. The Morgan fingerprint density at radius 1 is 0.674 bits per heavy atom. The quantitative estimate of drug-likeness (QED) is 0.328. The van der Waals surface area contributed by atoms with Gasteiger partial charge < -0.3 is 15.5 Å². The van der Waals surface area contributed by atoms with Gasteiger partial charge in [0, 0.05) is 37.3 Å². The highest BCUT2D eigenvalue weighted by atomic mass is 32.1. The number of nitrogen functional groups attached to an aromatic ring is 1. The molecule has 4 amide bonds. The topological polar surface area (TPSA) is 130 Å². The van der Waals surface area contributed by atoms with E-state index in [9.17, 15) is 19.2 Å². The third-order valence-corrected chi connectivity index (χ3v) is 11.9. The van der Waals surface area contributed by atoms with E-state index in [4.69, 9.17) is 5.73 Å². The predicted molar refractivity (Wildman–Crippen MR) is 178 cm³/mol. The van der Waals surface area contributed by atoms with Crippen molar-refractivity contribution in [3.8, 4) is 0 Å². The van der Waals surface area contributed by atoms with Gasteiger partial charge in [-0.05, 0) is 98.4 Å². The Morgan fingerprint density at radius 2 is 1.15 bits per heavy atom. The number of anilines is 2. The summed E-state index contributed by atoms with van der Waals surface area (Å²) in [6.07, 6.45) is 14.4. The number of hydrogen-bond donors (Lipinski definition) is 1. The number of imide groups is 1. The number of carbonyl (C=O) groups is 4. The maximum absolute atomic E-state index is 13.1. The molecule has 8 rings (SSSR count). The summed E-state index contributed by atoms with van der Waals surface area (Å²) < 4.78 is 8.46. The SMILES string of the molecule is Nc1cc(C(=O)N2CCC[C@@H]3CCCC[C@@H]32)ns1.O=C1c2ccccc2C(=O)N1c1cc(C(=O)N2CCC[C@@H]3CCCC[C@@H]32)ns1. The van der Waals surface area contributed by atoms with E-state index in [-0.39, 0.29) is 23.6 Å². The molecule has 5 heterocycles. The molecule has 12 heteroatoms. The minimum atomic E-state index is -0.353. The Balaban J connectivity index is 0.000000162. The van der Waals surface area contributed by atoms with Gasteiger partial charge in [-0.15, -0.1) is 0 Å². The van der Waals surface area contributed by atoms with Crippen LogP contribution in [0.3, 0.4) is 0 Å². The molecule has 2 aromatic heterocycles. The number of piperidine rings is 2. The summed E-state index contributed by atoms with van der Waals surface area (Å²) in [5.74, 6) is 0.616. The molecule has 10 nitrogen and oxygen atoms in total. The minimum absolute atomic E-state index is 0.0734. The van der Waals surface area contributed by atoms with Crippen molar-refractivity contribution >= 4 is 56.7 Å². The average Bonchev–Trinajstić information content (AvgIpc) is 3.82. The van der Waals surface area contributed by atoms with Gasteiger partial charge in [-0.25, -0.2) is 4.90 Å². The van der Waals surface area contributed by atoms with Crippen molar-refractivity contribution in [1.29, 1.82) is 0 Å². The predicted octanol–water partition coefficient (Wildman–Crippen LogP) is 6.26. The molecule has 3 aromatic rings. The van der Waals surface area contributed by atoms with Crippen LogP contribution in [0, 0.1) is 11.8 Å². The van der Waals surface area contributed by atoms with Crippen LogP contribution in [0.15, 0.2) is 36.4 Å². The molecule has 2 saturated heterocycles. The fourth-order valence-electron chi connectivity index (χ4n) is 8.30. The van der Waals surface area contributed by atoms with Gasteiger partial charge in [0.15, 0.2) is 0 Å². The number of aromatic nitrogens is 2. The number of carbonyl (C=O) groups excluding carboxylic acids is 4. The van der Waals surface area contributed by atoms with Gasteiger partial charge in [-0.3, -0.25) is 19.2 Å². The molecule has 2 N–H and O–H groups in total. The highest BCUT2D eigenvalue weighted by molar-refractivity contribution is 7.11. The first-order chi connectivity index (χ1) is 22.4. The van der Waals surface area contributed by atoms with Crippen LogP contribution in [0.2, 0.25) is 0 Å². The fourth-order valence-corrected chi connectivity index (χ4v) is 9.53. The van der Waals surface area contributed by atoms with Gasteiger partial charge in [0.25, 0.3) is 23.6 Å². The van der Waals surface area contributed by atoms with E-state index in [0.717, 1.165) is 55.2 Å². The lowest BCUT2D eigenvalue weighted by molar-refractivity contribution is 0.0381. The van der Waals surface area contributed by atoms with Gasteiger partial charge >= 0.3 is 0 Å². The third-order valence-electron chi connectivity index (χ3n) is 10.5. The Labute approximate surface area is 277 Å². The molecule has 1 aromatic carbocycles. The number of likely N-dealkylation sites (tertiary alicyclic amines) is 2. The van der Waals surface area contributed by atoms with E-state index in [1.807, 2.05) is 4.90 Å². The van der Waals surface area contributed by atoms with Crippen molar-refractivity contribution in [2.24, 2.45) is 11.8 Å². The van der Waals surface area contributed by atoms with Crippen molar-refractivity contribution in [3.63, 3.8) is 0 Å². The van der Waals surface area contributed by atoms with Gasteiger partial charge in [-0.1, -0.05) is 37.8 Å². The standard InChI is InChI=1S/C21H21N3O3S.C13H19N3OS/c25-19-14-8-2-3-9-15(14)20(26)24(19)18-12-16(22-28-18)21(27)23-11-5-7-13-6-1-4-10-17(13)23;14-12-8-10(15-18-12)13(17)16-7-3-5-9-4-1-2-6-11(9)16/h2-3,8-9,12-13,17H,1,4-7,10-11H2;8-9,11H,1-7,14H2/t13-,17-;9-,11-/m00/s1. The first-order valence-electron chi connectivity index (χ1n) is 16.7. The van der Waals surface area contributed by atoms with Gasteiger partial charge in [-0.2, -0.15) is 8.75 Å². The van der Waals surface area contributed by atoms with Crippen molar-refractivity contribution in [2.45, 2.75) is 89.1 Å². The van der Waals surface area contributed by atoms with E-state index < -0.39 is 0 Å². The molecule has 242 valence electrons. The number of rotatable bonds is 3. The second-order valence-corrected chi connectivity index (χ2v) is 14.8. The molecule has 2 saturated carbocycles. The Hall–Kier alpha value is -3.64. The van der Waals surface area contributed by atoms with Gasteiger partial charge in [0.05, 0.1) is 11.1 Å². The number of fused-ring (bicyclic) bond motifs is 3. The van der Waals surface area contributed by atoms with Crippen molar-refractivity contribution in [3.05, 3.63) is 58.9 Å². The molecule has 4 fully saturated rings. The zero-order chi connectivity index (χ0) is 31.8. The molecular weight excluding hydrogens is 621 g/mol. The van der Waals surface area contributed by atoms with E-state index in [2.05, 4.69) is 13.6 Å². The van der Waals surface area contributed by atoms with Crippen LogP contribution in [-0.4, -0.2) is 67.3 Å². The number of nitrogens with zero attached hydrogens (tertiary/aromatic N) is 5. The minimum Gasteiger partial charge on any atom is -0.389 e. The number of nitrogens with two attached hydrogens (primary N) is 1. The normalized spacial score (nSPS) is 25.7. The molecule has 0 spiro atoms. The molecule has 0 unspecified atom stereocenters. The highest BCUT2D eigenvalue weighted by Gasteiger charge is 2.40. The maximum Gasteiger partial charge on any atom is 0.273 e. The highest BCUT2D eigenvalue weighted by Crippen LogP contribution is 2.38. The maximum atomic E-state index is 13.1. The van der Waals surface area contributed by atoms with Crippen LogP contribution >= 0.6 is 23.1 Å². The summed E-state index contributed by atoms with van der Waals surface area (Å²) >= 11 is 2.24. The van der Waals surface area contributed by atoms with E-state index in [0.29, 0.717) is 56.4 Å². The van der Waals surface area contributed by atoms with Crippen molar-refractivity contribution in [2.75, 3.05) is 23.7 Å². The van der Waals surface area contributed by atoms with Crippen LogP contribution in [0.25, 0.3) is 0 Å². The summed E-state index contributed by atoms with van der Waals surface area (Å²) in [6.45, 7) is 1.65. The lowest BCUT2D eigenvalue weighted by atomic mass is 9.78. The van der Waals surface area contributed by atoms with Crippen molar-refractivity contribution < 1.29 is 19.2 Å². The largest absolute Gasteiger partial charge is 0.389 e. The third kappa shape index (κ3) is 5.85. The first-order valence-corrected chi connectivity index (χ1v) is 18.2. The molecule has 4 atom stereocenters. The first kappa shape index (κ1) is 31.0. The number of hydrogen-bond acceptors (Lipinski definition) is 9. The summed E-state index contributed by atoms with van der Waals surface area (Å²) in [5.41, 5.74) is 7.33. The molecular formula is C34H40N6O4S2. The van der Waals surface area contributed by atoms with E-state index in [1.165, 1.54) is 62.9 Å². The molecule has 0 radical (unpaired) electrons. The summed E-state index contributed by atoms with van der Waals surface area (Å²) in [6, 6.07) is 10.8. The smallest absolute Gasteiger partial charge is 0.273 e. The van der Waals surface area contributed by atoms with Crippen molar-refractivity contribution in [1.82, 2.24) is 18.5 Å². The Morgan fingerprint density at radius 3 is 1.67 bits per heavy atom. The number of benzene rings is 1. The van der Waals surface area contributed by atoms with Gasteiger partial charge in [0.2, 0.25) is 0 Å². The molecule has 46 heavy (non-hydrogen) atoms. The van der Waals surface area contributed by atoms with Gasteiger partial charge in [0.1, 0.15) is 21.4 Å². The van der Waals surface area contributed by atoms with Crippen LogP contribution < -0.4 is 10.6 Å². The second-order valence-electron chi connectivity index (χ2n) is 13.2. The molecule has 0 bridgehead atoms. The monoisotopic (exact) mass is 660 g/mol. The lowest BCUT2D eigenvalue weighted by Gasteiger charge is -2.43. The summed E-state index contributed by atoms with van der Waals surface area (Å²) in [7, 11) is 0. The molecule has 2 aliphatic carbocycles. The average molecular weight is 661 g/mol. The Kier molecular flexibility index (Phi) is 8.91. The zero-order valence-electron chi connectivity index (χ0n) is 25.9.